The van der Waals surface area contributed by atoms with Crippen molar-refractivity contribution in [3.8, 4) is 0 Å². The number of sulfonamides is 1. The Hall–Kier alpha value is -2.95. The van der Waals surface area contributed by atoms with Crippen molar-refractivity contribution >= 4 is 55.6 Å². The summed E-state index contributed by atoms with van der Waals surface area (Å²) in [4.78, 5) is 28.0. The predicted molar refractivity (Wildman–Crippen MR) is 116 cm³/mol. The number of amides is 2. The lowest BCUT2D eigenvalue weighted by molar-refractivity contribution is -0.116. The van der Waals surface area contributed by atoms with Crippen molar-refractivity contribution in [1.29, 1.82) is 0 Å². The smallest absolute Gasteiger partial charge is 0.263 e. The van der Waals surface area contributed by atoms with Gasteiger partial charge in [0, 0.05) is 40.8 Å². The highest BCUT2D eigenvalue weighted by Crippen LogP contribution is 2.19. The number of carbonyl (C=O) groups excluding carboxylic acids is 2. The SMILES string of the molecule is O=C(CCNC(=O)c1ccc(Cl)cc1)Nc1ccc(S(=O)(=O)Nc2nccs2)cc1. The van der Waals surface area contributed by atoms with Crippen LogP contribution >= 0.6 is 22.9 Å². The molecule has 3 N–H and O–H groups in total. The lowest BCUT2D eigenvalue weighted by Crippen LogP contribution is -2.27. The predicted octanol–water partition coefficient (Wildman–Crippen LogP) is 3.36. The number of aromatic nitrogens is 1. The van der Waals surface area contributed by atoms with Crippen molar-refractivity contribution in [2.75, 3.05) is 16.6 Å². The fraction of sp³-hybridized carbons (Fsp3) is 0.105. The number of hydrogen-bond donors (Lipinski definition) is 3. The highest BCUT2D eigenvalue weighted by atomic mass is 35.5. The summed E-state index contributed by atoms with van der Waals surface area (Å²) in [6.45, 7) is 0.150. The first-order chi connectivity index (χ1) is 14.3. The number of benzene rings is 2. The van der Waals surface area contributed by atoms with E-state index in [1.54, 1.807) is 29.6 Å². The van der Waals surface area contributed by atoms with Crippen LogP contribution in [0.15, 0.2) is 65.0 Å². The quantitative estimate of drug-likeness (QED) is 0.472. The molecule has 0 atom stereocenters. The molecule has 0 unspecified atom stereocenters. The summed E-state index contributed by atoms with van der Waals surface area (Å²) in [6.07, 6.45) is 1.56. The van der Waals surface area contributed by atoms with Gasteiger partial charge in [0.25, 0.3) is 15.9 Å². The minimum absolute atomic E-state index is 0.0472. The fourth-order valence-electron chi connectivity index (χ4n) is 2.38. The summed E-state index contributed by atoms with van der Waals surface area (Å²) >= 11 is 6.95. The number of anilines is 2. The van der Waals surface area contributed by atoms with E-state index in [0.29, 0.717) is 16.3 Å². The van der Waals surface area contributed by atoms with E-state index in [0.717, 1.165) is 0 Å². The Morgan fingerprint density at radius 3 is 2.37 bits per heavy atom. The lowest BCUT2D eigenvalue weighted by atomic mass is 10.2. The first-order valence-electron chi connectivity index (χ1n) is 8.69. The number of nitrogens with one attached hydrogen (secondary N) is 3. The second-order valence-electron chi connectivity index (χ2n) is 6.03. The topological polar surface area (TPSA) is 117 Å². The normalized spacial score (nSPS) is 11.0. The number of nitrogens with zero attached hydrogens (tertiary/aromatic N) is 1. The number of hydrogen-bond acceptors (Lipinski definition) is 6. The molecule has 0 radical (unpaired) electrons. The molecular formula is C19H17ClN4O4S2. The van der Waals surface area contributed by atoms with Gasteiger partial charge in [-0.1, -0.05) is 11.6 Å². The van der Waals surface area contributed by atoms with Gasteiger partial charge in [0.1, 0.15) is 0 Å². The van der Waals surface area contributed by atoms with Gasteiger partial charge >= 0.3 is 0 Å². The Balaban J connectivity index is 1.48. The Morgan fingerprint density at radius 1 is 1.03 bits per heavy atom. The number of carbonyl (C=O) groups is 2. The molecule has 8 nitrogen and oxygen atoms in total. The molecule has 0 aliphatic heterocycles. The minimum Gasteiger partial charge on any atom is -0.352 e. The van der Waals surface area contributed by atoms with E-state index in [2.05, 4.69) is 20.3 Å². The fourth-order valence-corrected chi connectivity index (χ4v) is 4.30. The van der Waals surface area contributed by atoms with Gasteiger partial charge in [0.05, 0.1) is 4.90 Å². The van der Waals surface area contributed by atoms with Crippen molar-refractivity contribution in [3.05, 3.63) is 70.7 Å². The molecule has 30 heavy (non-hydrogen) atoms. The first kappa shape index (κ1) is 21.8. The zero-order chi connectivity index (χ0) is 21.6. The van der Waals surface area contributed by atoms with E-state index in [1.165, 1.54) is 41.8 Å². The molecule has 0 aliphatic carbocycles. The largest absolute Gasteiger partial charge is 0.352 e. The van der Waals surface area contributed by atoms with Crippen LogP contribution in [0.25, 0.3) is 0 Å². The third kappa shape index (κ3) is 6.02. The van der Waals surface area contributed by atoms with Crippen LogP contribution in [0, 0.1) is 0 Å². The minimum atomic E-state index is -3.75. The van der Waals surface area contributed by atoms with Crippen LogP contribution < -0.4 is 15.4 Å². The summed E-state index contributed by atoms with van der Waals surface area (Å²) in [7, 11) is -3.75. The molecule has 0 bridgehead atoms. The van der Waals surface area contributed by atoms with Crippen LogP contribution in [0.4, 0.5) is 10.8 Å². The lowest BCUT2D eigenvalue weighted by Gasteiger charge is -2.09. The van der Waals surface area contributed by atoms with E-state index < -0.39 is 10.0 Å². The van der Waals surface area contributed by atoms with Gasteiger partial charge < -0.3 is 10.6 Å². The van der Waals surface area contributed by atoms with Gasteiger partial charge in [-0.25, -0.2) is 13.4 Å². The van der Waals surface area contributed by atoms with Crippen molar-refractivity contribution in [3.63, 3.8) is 0 Å². The molecule has 0 spiro atoms. The van der Waals surface area contributed by atoms with Crippen LogP contribution in [-0.2, 0) is 14.8 Å². The van der Waals surface area contributed by atoms with Gasteiger partial charge in [-0.3, -0.25) is 14.3 Å². The second kappa shape index (κ2) is 9.70. The second-order valence-corrected chi connectivity index (χ2v) is 9.04. The summed E-state index contributed by atoms with van der Waals surface area (Å²) in [5.74, 6) is -0.621. The van der Waals surface area contributed by atoms with Gasteiger partial charge in [-0.05, 0) is 48.5 Å². The summed E-state index contributed by atoms with van der Waals surface area (Å²) < 4.78 is 27.0. The third-order valence-corrected chi connectivity index (χ3v) is 6.27. The Morgan fingerprint density at radius 2 is 1.73 bits per heavy atom. The van der Waals surface area contributed by atoms with E-state index >= 15 is 0 Å². The van der Waals surface area contributed by atoms with Gasteiger partial charge in [0.15, 0.2) is 5.13 Å². The maximum atomic E-state index is 12.3. The number of rotatable bonds is 8. The maximum absolute atomic E-state index is 12.3. The zero-order valence-corrected chi connectivity index (χ0v) is 17.9. The summed E-state index contributed by atoms with van der Waals surface area (Å²) in [5, 5.41) is 7.77. The zero-order valence-electron chi connectivity index (χ0n) is 15.5. The number of thiazole rings is 1. The summed E-state index contributed by atoms with van der Waals surface area (Å²) in [6, 6.07) is 12.1. The Labute approximate surface area is 182 Å². The molecule has 0 saturated carbocycles. The highest BCUT2D eigenvalue weighted by Gasteiger charge is 2.15. The van der Waals surface area contributed by atoms with E-state index in [-0.39, 0.29) is 34.8 Å². The van der Waals surface area contributed by atoms with E-state index in [1.807, 2.05) is 0 Å². The molecule has 156 valence electrons. The molecule has 3 rings (SSSR count). The standard InChI is InChI=1S/C19H17ClN4O4S2/c20-14-3-1-13(2-4-14)18(26)21-10-9-17(25)23-15-5-7-16(8-6-15)30(27,28)24-19-22-11-12-29-19/h1-8,11-12H,9-10H2,(H,21,26)(H,22,24)(H,23,25). The van der Waals surface area contributed by atoms with Gasteiger partial charge in [0.2, 0.25) is 5.91 Å². The van der Waals surface area contributed by atoms with Crippen LogP contribution in [0.3, 0.4) is 0 Å². The van der Waals surface area contributed by atoms with Crippen LogP contribution in [0.1, 0.15) is 16.8 Å². The van der Waals surface area contributed by atoms with Crippen LogP contribution in [-0.4, -0.2) is 31.8 Å². The molecule has 2 aromatic carbocycles. The van der Waals surface area contributed by atoms with E-state index in [9.17, 15) is 18.0 Å². The molecule has 0 saturated heterocycles. The Kier molecular flexibility index (Phi) is 7.03. The molecule has 3 aromatic rings. The molecule has 2 amide bonds. The maximum Gasteiger partial charge on any atom is 0.263 e. The van der Waals surface area contributed by atoms with Crippen molar-refractivity contribution in [2.45, 2.75) is 11.3 Å². The van der Waals surface area contributed by atoms with Crippen LogP contribution in [0.2, 0.25) is 5.02 Å². The van der Waals surface area contributed by atoms with Gasteiger partial charge in [-0.15, -0.1) is 11.3 Å². The van der Waals surface area contributed by atoms with Crippen LogP contribution in [0.5, 0.6) is 0 Å². The summed E-state index contributed by atoms with van der Waals surface area (Å²) in [5.41, 5.74) is 0.889. The van der Waals surface area contributed by atoms with Crippen molar-refractivity contribution < 1.29 is 18.0 Å². The Bertz CT molecular complexity index is 1120. The highest BCUT2D eigenvalue weighted by molar-refractivity contribution is 7.93. The van der Waals surface area contributed by atoms with E-state index in [4.69, 9.17) is 11.6 Å². The first-order valence-corrected chi connectivity index (χ1v) is 11.4. The van der Waals surface area contributed by atoms with Gasteiger partial charge in [-0.2, -0.15) is 0 Å². The molecule has 1 heterocycles. The molecule has 0 fully saturated rings. The molecule has 1 aromatic heterocycles. The third-order valence-electron chi connectivity index (χ3n) is 3.85. The average Bonchev–Trinajstić information content (AvgIpc) is 3.21. The molecule has 11 heteroatoms. The number of halogens is 1. The molecule has 0 aliphatic rings. The van der Waals surface area contributed by atoms with Crippen molar-refractivity contribution in [2.24, 2.45) is 0 Å². The molecular weight excluding hydrogens is 448 g/mol. The van der Waals surface area contributed by atoms with Crippen molar-refractivity contribution in [1.82, 2.24) is 10.3 Å². The monoisotopic (exact) mass is 464 g/mol. The average molecular weight is 465 g/mol.